The summed E-state index contributed by atoms with van der Waals surface area (Å²) in [4.78, 5) is 37.0. The van der Waals surface area contributed by atoms with E-state index >= 15 is 0 Å². The van der Waals surface area contributed by atoms with E-state index in [1.54, 1.807) is 27.0 Å². The SMILES string of the molecule is C/C(=C\C1=NCN=C1)[C@@H]1C[C@@H]2N(CCO)[C@]2(C)CCC[C@H](C)[C@H](O)[C@@H](C)C(=O)C(C)(C)[C@@H](O)CC(=O)O1. The van der Waals surface area contributed by atoms with Gasteiger partial charge in [-0.25, -0.2) is 0 Å². The van der Waals surface area contributed by atoms with Crippen molar-refractivity contribution in [1.29, 1.82) is 0 Å². The Morgan fingerprint density at radius 2 is 1.95 bits per heavy atom. The second-order valence-electron chi connectivity index (χ2n) is 11.9. The maximum Gasteiger partial charge on any atom is 0.309 e. The summed E-state index contributed by atoms with van der Waals surface area (Å²) >= 11 is 0. The maximum absolute atomic E-state index is 13.3. The molecule has 0 aliphatic carbocycles. The number of aliphatic hydroxyl groups is 3. The lowest BCUT2D eigenvalue weighted by atomic mass is 9.73. The summed E-state index contributed by atoms with van der Waals surface area (Å²) in [6, 6.07) is 0.106. The maximum atomic E-state index is 13.3. The first-order valence-electron chi connectivity index (χ1n) is 13.5. The first-order chi connectivity index (χ1) is 17.3. The van der Waals surface area contributed by atoms with Crippen molar-refractivity contribution in [2.45, 2.75) is 104 Å². The van der Waals surface area contributed by atoms with Gasteiger partial charge in [0, 0.05) is 36.7 Å². The Hall–Kier alpha value is -1.94. The van der Waals surface area contributed by atoms with Gasteiger partial charge in [-0.15, -0.1) is 0 Å². The van der Waals surface area contributed by atoms with Crippen molar-refractivity contribution >= 4 is 23.7 Å². The van der Waals surface area contributed by atoms with Crippen LogP contribution in [0, 0.1) is 17.3 Å². The number of fused-ring (bicyclic) bond motifs is 1. The molecule has 0 radical (unpaired) electrons. The molecule has 9 nitrogen and oxygen atoms in total. The quantitative estimate of drug-likeness (QED) is 0.384. The van der Waals surface area contributed by atoms with Crippen molar-refractivity contribution in [3.63, 3.8) is 0 Å². The van der Waals surface area contributed by atoms with Crippen molar-refractivity contribution in [2.24, 2.45) is 27.2 Å². The standard InChI is InChI=1S/C28H45N3O6/c1-17-8-7-9-28(6)22(31(28)10-11-32)13-21(18(2)12-20-15-29-16-30-20)37-24(34)14-23(33)27(4,5)26(36)19(3)25(17)35/h12,15,17,19,21-23,25,32-33,35H,7-11,13-14,16H2,1-6H3/b18-12+/t17-,19+,21-,22-,23-,25-,28+,31?/m0/s1. The summed E-state index contributed by atoms with van der Waals surface area (Å²) in [5, 5.41) is 31.5. The fourth-order valence-corrected chi connectivity index (χ4v) is 6.00. The van der Waals surface area contributed by atoms with E-state index in [1.165, 1.54) is 0 Å². The summed E-state index contributed by atoms with van der Waals surface area (Å²) in [7, 11) is 0. The van der Waals surface area contributed by atoms with E-state index in [0.29, 0.717) is 19.6 Å². The summed E-state index contributed by atoms with van der Waals surface area (Å²) < 4.78 is 5.94. The molecule has 3 aliphatic rings. The van der Waals surface area contributed by atoms with Crippen LogP contribution in [0.15, 0.2) is 21.6 Å². The molecule has 208 valence electrons. The zero-order valence-corrected chi connectivity index (χ0v) is 23.2. The highest BCUT2D eigenvalue weighted by molar-refractivity contribution is 6.36. The lowest BCUT2D eigenvalue weighted by Crippen LogP contribution is -2.45. The van der Waals surface area contributed by atoms with E-state index in [4.69, 9.17) is 4.74 Å². The van der Waals surface area contributed by atoms with Gasteiger partial charge in [-0.05, 0) is 44.3 Å². The first-order valence-corrected chi connectivity index (χ1v) is 13.5. The molecular formula is C28H45N3O6. The van der Waals surface area contributed by atoms with Crippen LogP contribution >= 0.6 is 0 Å². The zero-order chi connectivity index (χ0) is 27.5. The van der Waals surface area contributed by atoms with Crippen LogP contribution in [-0.2, 0) is 14.3 Å². The van der Waals surface area contributed by atoms with Crippen LogP contribution in [-0.4, -0.2) is 93.6 Å². The minimum Gasteiger partial charge on any atom is -0.458 e. The van der Waals surface area contributed by atoms with Crippen LogP contribution in [0.3, 0.4) is 0 Å². The molecule has 0 bridgehead atoms. The van der Waals surface area contributed by atoms with Gasteiger partial charge in [0.25, 0.3) is 0 Å². The molecule has 0 saturated carbocycles. The molecule has 8 atom stereocenters. The van der Waals surface area contributed by atoms with Crippen LogP contribution in [0.5, 0.6) is 0 Å². The number of nitrogens with zero attached hydrogens (tertiary/aromatic N) is 3. The molecule has 2 fully saturated rings. The Labute approximate surface area is 220 Å². The Kier molecular flexibility index (Phi) is 9.48. The third-order valence-electron chi connectivity index (χ3n) is 8.86. The van der Waals surface area contributed by atoms with E-state index in [-0.39, 0.29) is 36.3 Å². The molecule has 1 unspecified atom stereocenters. The van der Waals surface area contributed by atoms with Gasteiger partial charge in [-0.2, -0.15) is 0 Å². The highest BCUT2D eigenvalue weighted by Gasteiger charge is 2.58. The van der Waals surface area contributed by atoms with Gasteiger partial charge in [-0.1, -0.05) is 34.1 Å². The number of aliphatic hydroxyl groups excluding tert-OH is 3. The molecule has 0 amide bonds. The number of allylic oxidation sites excluding steroid dienone is 1. The first kappa shape index (κ1) is 29.6. The third-order valence-corrected chi connectivity index (χ3v) is 8.86. The molecule has 3 N–H and O–H groups in total. The Morgan fingerprint density at radius 1 is 1.24 bits per heavy atom. The van der Waals surface area contributed by atoms with Gasteiger partial charge in [0.2, 0.25) is 0 Å². The van der Waals surface area contributed by atoms with Crippen LogP contribution in [0.1, 0.15) is 73.6 Å². The van der Waals surface area contributed by atoms with Gasteiger partial charge in [0.05, 0.1) is 36.4 Å². The number of cyclic esters (lactones) is 1. The predicted molar refractivity (Wildman–Crippen MR) is 143 cm³/mol. The molecule has 0 aromatic rings. The monoisotopic (exact) mass is 519 g/mol. The summed E-state index contributed by atoms with van der Waals surface area (Å²) in [6.45, 7) is 11.9. The normalized spacial score (nSPS) is 39.6. The van der Waals surface area contributed by atoms with Crippen LogP contribution in [0.2, 0.25) is 0 Å². The smallest absolute Gasteiger partial charge is 0.309 e. The van der Waals surface area contributed by atoms with E-state index in [9.17, 15) is 24.9 Å². The van der Waals surface area contributed by atoms with Gasteiger partial charge >= 0.3 is 5.97 Å². The largest absolute Gasteiger partial charge is 0.458 e. The predicted octanol–water partition coefficient (Wildman–Crippen LogP) is 2.32. The van der Waals surface area contributed by atoms with E-state index in [0.717, 1.165) is 30.5 Å². The summed E-state index contributed by atoms with van der Waals surface area (Å²) in [6.07, 6.45) is 3.62. The number of hydrogen-bond acceptors (Lipinski definition) is 9. The van der Waals surface area contributed by atoms with Gasteiger partial charge in [0.1, 0.15) is 18.6 Å². The minimum absolute atomic E-state index is 0.0364. The molecule has 3 aliphatic heterocycles. The molecule has 0 spiro atoms. The molecule has 0 aromatic carbocycles. The van der Waals surface area contributed by atoms with Crippen LogP contribution in [0.25, 0.3) is 0 Å². The Balaban J connectivity index is 1.91. The van der Waals surface area contributed by atoms with E-state index in [1.807, 2.05) is 19.9 Å². The number of aliphatic imine (C=N–C) groups is 2. The highest BCUT2D eigenvalue weighted by Crippen LogP contribution is 2.48. The molecule has 9 heteroatoms. The molecular weight excluding hydrogens is 474 g/mol. The number of ketones is 1. The fourth-order valence-electron chi connectivity index (χ4n) is 6.00. The van der Waals surface area contributed by atoms with Gasteiger partial charge < -0.3 is 20.1 Å². The number of rotatable bonds is 4. The number of hydrogen-bond donors (Lipinski definition) is 3. The molecule has 2 saturated heterocycles. The second kappa shape index (κ2) is 11.8. The summed E-state index contributed by atoms with van der Waals surface area (Å²) in [5.41, 5.74) is 0.165. The van der Waals surface area contributed by atoms with Crippen molar-refractivity contribution in [3.8, 4) is 0 Å². The average Bonchev–Trinajstić information content (AvgIpc) is 3.15. The lowest BCUT2D eigenvalue weighted by Gasteiger charge is -2.34. The van der Waals surface area contributed by atoms with Crippen molar-refractivity contribution < 1.29 is 29.6 Å². The molecule has 37 heavy (non-hydrogen) atoms. The number of carbonyl (C=O) groups excluding carboxylic acids is 2. The Bertz CT molecular complexity index is 944. The van der Waals surface area contributed by atoms with Gasteiger partial charge in [0.15, 0.2) is 0 Å². The second-order valence-corrected chi connectivity index (χ2v) is 11.9. The van der Waals surface area contributed by atoms with Crippen molar-refractivity contribution in [2.75, 3.05) is 19.8 Å². The number of ether oxygens (including phenoxy) is 1. The third kappa shape index (κ3) is 6.56. The van der Waals surface area contributed by atoms with E-state index in [2.05, 4.69) is 21.8 Å². The van der Waals surface area contributed by atoms with Gasteiger partial charge in [-0.3, -0.25) is 24.5 Å². The highest BCUT2D eigenvalue weighted by atomic mass is 16.5. The molecule has 0 aromatic heterocycles. The average molecular weight is 520 g/mol. The Morgan fingerprint density at radius 3 is 2.57 bits per heavy atom. The summed E-state index contributed by atoms with van der Waals surface area (Å²) in [5.74, 6) is -1.62. The minimum atomic E-state index is -1.25. The zero-order valence-electron chi connectivity index (χ0n) is 23.2. The van der Waals surface area contributed by atoms with Crippen LogP contribution in [0.4, 0.5) is 0 Å². The van der Waals surface area contributed by atoms with Crippen molar-refractivity contribution in [1.82, 2.24) is 4.90 Å². The van der Waals surface area contributed by atoms with E-state index < -0.39 is 35.6 Å². The lowest BCUT2D eigenvalue weighted by molar-refractivity contribution is -0.154. The molecule has 3 rings (SSSR count). The number of β-amino-alcohol motifs (C(OH)–C–C–N with tert-alkyl or cyclic N) is 1. The van der Waals surface area contributed by atoms with Crippen molar-refractivity contribution in [3.05, 3.63) is 11.6 Å². The number of esters is 1. The molecule has 3 heterocycles. The fraction of sp³-hybridized carbons (Fsp3) is 0.786. The van der Waals surface area contributed by atoms with Crippen LogP contribution < -0.4 is 0 Å². The number of carbonyl (C=O) groups is 2. The number of Topliss-reactive ketones (excluding diaryl/α,β-unsaturated/α-hetero) is 1. The topological polar surface area (TPSA) is 132 Å².